The molecule has 0 aromatic heterocycles. The van der Waals surface area contributed by atoms with Gasteiger partial charge in [0.15, 0.2) is 0 Å². The van der Waals surface area contributed by atoms with E-state index >= 15 is 0 Å². The van der Waals surface area contributed by atoms with Gasteiger partial charge >= 0.3 is 0 Å². The average Bonchev–Trinajstić information content (AvgIpc) is 3.03. The molecule has 0 radical (unpaired) electrons. The van der Waals surface area contributed by atoms with E-state index in [9.17, 15) is 0 Å². The van der Waals surface area contributed by atoms with Crippen molar-refractivity contribution in [3.05, 3.63) is 54.1 Å². The Morgan fingerprint density at radius 1 is 1.15 bits per heavy atom. The summed E-state index contributed by atoms with van der Waals surface area (Å²) in [6.45, 7) is 5.73. The van der Waals surface area contributed by atoms with Crippen molar-refractivity contribution in [3.63, 3.8) is 0 Å². The third kappa shape index (κ3) is 4.32. The summed E-state index contributed by atoms with van der Waals surface area (Å²) in [5.74, 6) is 0. The topological polar surface area (TPSA) is 0 Å². The van der Waals surface area contributed by atoms with Crippen molar-refractivity contribution in [3.8, 4) is 0 Å². The highest BCUT2D eigenvalue weighted by Crippen LogP contribution is 2.26. The fourth-order valence-electron chi connectivity index (χ4n) is 0.950. The summed E-state index contributed by atoms with van der Waals surface area (Å²) in [7, 11) is 0. The Morgan fingerprint density at radius 3 is 2.00 bits per heavy atom. The Morgan fingerprint density at radius 2 is 1.77 bits per heavy atom. The lowest BCUT2D eigenvalue weighted by atomic mass is 10.2. The zero-order chi connectivity index (χ0) is 9.52. The minimum absolute atomic E-state index is 1.17. The van der Waals surface area contributed by atoms with Crippen molar-refractivity contribution in [1.82, 2.24) is 0 Å². The van der Waals surface area contributed by atoms with Gasteiger partial charge in [0.2, 0.25) is 0 Å². The maximum atomic E-state index is 3.63. The van der Waals surface area contributed by atoms with Crippen LogP contribution in [-0.2, 0) is 0 Å². The van der Waals surface area contributed by atoms with Crippen LogP contribution in [0, 0.1) is 0 Å². The van der Waals surface area contributed by atoms with E-state index in [1.807, 2.05) is 36.4 Å². The van der Waals surface area contributed by atoms with Crippen LogP contribution in [-0.4, -0.2) is 0 Å². The highest BCUT2D eigenvalue weighted by Gasteiger charge is 2.06. The van der Waals surface area contributed by atoms with E-state index in [0.717, 1.165) is 0 Å². The highest BCUT2D eigenvalue weighted by atomic mass is 14.1. The van der Waals surface area contributed by atoms with E-state index in [2.05, 4.69) is 19.6 Å². The number of rotatable bonds is 1. The van der Waals surface area contributed by atoms with Gasteiger partial charge in [0, 0.05) is 0 Å². The quantitative estimate of drug-likeness (QED) is 0.560. The van der Waals surface area contributed by atoms with Gasteiger partial charge in [0.05, 0.1) is 0 Å². The van der Waals surface area contributed by atoms with Crippen LogP contribution in [0.5, 0.6) is 0 Å². The summed E-state index contributed by atoms with van der Waals surface area (Å²) in [6, 6.07) is 10.0. The van der Waals surface area contributed by atoms with Gasteiger partial charge < -0.3 is 0 Å². The van der Waals surface area contributed by atoms with Crippen LogP contribution in [0.2, 0.25) is 0 Å². The van der Waals surface area contributed by atoms with Crippen LogP contribution < -0.4 is 0 Å². The molecule has 1 aliphatic rings. The standard InChI is InChI=1S/C8H8.C5H8/c1-2-8-6-4-3-5-7-8;1-2-5-3-4-5/h2-7H,1H2;2H,3-4H2,1H3. The molecule has 0 heterocycles. The molecule has 0 unspecified atom stereocenters. The minimum atomic E-state index is 1.17. The minimum Gasteiger partial charge on any atom is -0.0985 e. The van der Waals surface area contributed by atoms with E-state index in [1.165, 1.54) is 18.4 Å². The van der Waals surface area contributed by atoms with E-state index in [0.29, 0.717) is 0 Å². The summed E-state index contributed by atoms with van der Waals surface area (Å²) >= 11 is 0. The fraction of sp³-hybridized carbons (Fsp3) is 0.231. The van der Waals surface area contributed by atoms with Crippen LogP contribution in [0.3, 0.4) is 0 Å². The lowest BCUT2D eigenvalue weighted by Gasteiger charge is -1.85. The molecule has 0 bridgehead atoms. The van der Waals surface area contributed by atoms with Gasteiger partial charge in [-0.3, -0.25) is 0 Å². The Bertz CT molecular complexity index is 274. The van der Waals surface area contributed by atoms with Crippen LogP contribution >= 0.6 is 0 Å². The molecule has 0 heteroatoms. The molecular weight excluding hydrogens is 156 g/mol. The first-order valence-corrected chi connectivity index (χ1v) is 4.68. The fourth-order valence-corrected chi connectivity index (χ4v) is 0.950. The van der Waals surface area contributed by atoms with Crippen LogP contribution in [0.1, 0.15) is 25.3 Å². The van der Waals surface area contributed by atoms with E-state index in [-0.39, 0.29) is 0 Å². The lowest BCUT2D eigenvalue weighted by Crippen LogP contribution is -1.63. The predicted molar refractivity (Wildman–Crippen MR) is 59.5 cm³/mol. The monoisotopic (exact) mass is 172 g/mol. The summed E-state index contributed by atoms with van der Waals surface area (Å²) in [6.07, 6.45) is 6.77. The predicted octanol–water partition coefficient (Wildman–Crippen LogP) is 4.06. The molecule has 1 aromatic carbocycles. The van der Waals surface area contributed by atoms with Crippen molar-refractivity contribution in [1.29, 1.82) is 0 Å². The van der Waals surface area contributed by atoms with Crippen molar-refractivity contribution in [2.45, 2.75) is 19.8 Å². The molecule has 0 spiro atoms. The number of hydrogen-bond acceptors (Lipinski definition) is 0. The molecule has 0 nitrogen and oxygen atoms in total. The molecule has 0 saturated heterocycles. The molecule has 0 atom stereocenters. The molecule has 1 saturated carbocycles. The molecule has 68 valence electrons. The van der Waals surface area contributed by atoms with Crippen molar-refractivity contribution in [2.24, 2.45) is 0 Å². The number of benzene rings is 1. The van der Waals surface area contributed by atoms with Crippen LogP contribution in [0.4, 0.5) is 0 Å². The number of hydrogen-bond donors (Lipinski definition) is 0. The maximum Gasteiger partial charge on any atom is -0.0263 e. The summed E-state index contributed by atoms with van der Waals surface area (Å²) in [4.78, 5) is 0. The van der Waals surface area contributed by atoms with E-state index in [1.54, 1.807) is 5.57 Å². The Hall–Kier alpha value is -1.30. The molecule has 1 fully saturated rings. The normalized spacial score (nSPS) is 12.5. The molecule has 2 rings (SSSR count). The molecular formula is C13H16. The average molecular weight is 172 g/mol. The first-order chi connectivity index (χ1) is 6.36. The Balaban J connectivity index is 0.000000145. The van der Waals surface area contributed by atoms with Gasteiger partial charge in [0.1, 0.15) is 0 Å². The first kappa shape index (κ1) is 9.79. The zero-order valence-electron chi connectivity index (χ0n) is 8.16. The van der Waals surface area contributed by atoms with Crippen LogP contribution in [0.15, 0.2) is 48.6 Å². The largest absolute Gasteiger partial charge is 0.0985 e. The molecule has 1 aliphatic carbocycles. The second-order valence-electron chi connectivity index (χ2n) is 3.06. The summed E-state index contributed by atoms with van der Waals surface area (Å²) < 4.78 is 0. The van der Waals surface area contributed by atoms with Gasteiger partial charge in [-0.05, 0) is 25.3 Å². The Kier molecular flexibility index (Phi) is 4.04. The molecule has 0 amide bonds. The molecule has 13 heavy (non-hydrogen) atoms. The van der Waals surface area contributed by atoms with Crippen molar-refractivity contribution in [2.75, 3.05) is 0 Å². The van der Waals surface area contributed by atoms with E-state index in [4.69, 9.17) is 0 Å². The summed E-state index contributed by atoms with van der Waals surface area (Å²) in [5, 5.41) is 0. The molecule has 1 aromatic rings. The second kappa shape index (κ2) is 5.36. The van der Waals surface area contributed by atoms with Crippen molar-refractivity contribution >= 4 is 6.08 Å². The lowest BCUT2D eigenvalue weighted by molar-refractivity contribution is 1.50. The third-order valence-corrected chi connectivity index (χ3v) is 1.98. The third-order valence-electron chi connectivity index (χ3n) is 1.98. The highest BCUT2D eigenvalue weighted by molar-refractivity contribution is 5.45. The second-order valence-corrected chi connectivity index (χ2v) is 3.06. The van der Waals surface area contributed by atoms with E-state index < -0.39 is 0 Å². The molecule has 0 N–H and O–H groups in total. The Labute approximate surface area is 80.6 Å². The SMILES string of the molecule is C=Cc1ccccc1.CC=C1CC1. The van der Waals surface area contributed by atoms with Gasteiger partial charge in [-0.1, -0.05) is 54.6 Å². The van der Waals surface area contributed by atoms with Gasteiger partial charge in [-0.15, -0.1) is 0 Å². The zero-order valence-corrected chi connectivity index (χ0v) is 8.16. The van der Waals surface area contributed by atoms with Gasteiger partial charge in [-0.25, -0.2) is 0 Å². The first-order valence-electron chi connectivity index (χ1n) is 4.68. The van der Waals surface area contributed by atoms with Crippen LogP contribution in [0.25, 0.3) is 6.08 Å². The number of allylic oxidation sites excluding steroid dienone is 2. The maximum absolute atomic E-state index is 3.63. The molecule has 0 aliphatic heterocycles. The smallest absolute Gasteiger partial charge is 0.0263 e. The van der Waals surface area contributed by atoms with Gasteiger partial charge in [-0.2, -0.15) is 0 Å². The van der Waals surface area contributed by atoms with Gasteiger partial charge in [0.25, 0.3) is 0 Å². The van der Waals surface area contributed by atoms with Crippen molar-refractivity contribution < 1.29 is 0 Å². The summed E-state index contributed by atoms with van der Waals surface area (Å²) in [5.41, 5.74) is 2.80.